The van der Waals surface area contributed by atoms with Crippen LogP contribution in [0.5, 0.6) is 0 Å². The molecule has 2 aromatic rings. The SMILES string of the molecule is CC(=O)N1CCc2nc3cc(C4CCN(C(=O)C5[C@H]6CCCC[C@@H]56)CC4)[nH]n3c(=O)c2C1. The molecule has 4 aliphatic rings. The molecule has 1 saturated heterocycles. The third-order valence-electron chi connectivity index (χ3n) is 8.41. The lowest BCUT2D eigenvalue weighted by Gasteiger charge is -2.32. The fourth-order valence-corrected chi connectivity index (χ4v) is 6.46. The van der Waals surface area contributed by atoms with Gasteiger partial charge in [0.15, 0.2) is 5.65 Å². The van der Waals surface area contributed by atoms with E-state index in [1.165, 1.54) is 37.1 Å². The van der Waals surface area contributed by atoms with Crippen molar-refractivity contribution < 1.29 is 9.59 Å². The smallest absolute Gasteiger partial charge is 0.277 e. The molecule has 1 N–H and O–H groups in total. The second kappa shape index (κ2) is 7.46. The number of aromatic amines is 1. The Morgan fingerprint density at radius 3 is 2.44 bits per heavy atom. The summed E-state index contributed by atoms with van der Waals surface area (Å²) in [6, 6.07) is 2.00. The third kappa shape index (κ3) is 3.18. The Hall–Kier alpha value is -2.64. The molecule has 3 atom stereocenters. The van der Waals surface area contributed by atoms with Gasteiger partial charge in [-0.2, -0.15) is 0 Å². The standard InChI is InChI=1S/C24H31N5O3/c1-14(30)28-11-8-19-18(13-28)23(31)29-21(25-19)12-20(26-29)15-6-9-27(10-7-15)24(32)22-16-4-2-3-5-17(16)22/h12,15-17,22,26H,2-11,13H2,1H3/t16-,17+,22?. The Kier molecular flexibility index (Phi) is 4.66. The van der Waals surface area contributed by atoms with Gasteiger partial charge in [-0.15, -0.1) is 0 Å². The number of nitrogens with one attached hydrogen (secondary N) is 1. The maximum Gasteiger partial charge on any atom is 0.277 e. The van der Waals surface area contributed by atoms with Gasteiger partial charge in [0.1, 0.15) is 0 Å². The van der Waals surface area contributed by atoms with Crippen molar-refractivity contribution in [3.63, 3.8) is 0 Å². The number of carbonyl (C=O) groups excluding carboxylic acids is 2. The van der Waals surface area contributed by atoms with E-state index in [1.54, 1.807) is 4.90 Å². The van der Waals surface area contributed by atoms with Crippen LogP contribution in [-0.4, -0.2) is 55.8 Å². The first-order valence-corrected chi connectivity index (χ1v) is 12.2. The third-order valence-corrected chi connectivity index (χ3v) is 8.41. The summed E-state index contributed by atoms with van der Waals surface area (Å²) in [4.78, 5) is 46.4. The van der Waals surface area contributed by atoms with Crippen LogP contribution < -0.4 is 5.56 Å². The van der Waals surface area contributed by atoms with Gasteiger partial charge in [-0.3, -0.25) is 19.5 Å². The Morgan fingerprint density at radius 1 is 1.03 bits per heavy atom. The lowest BCUT2D eigenvalue weighted by atomic mass is 9.93. The van der Waals surface area contributed by atoms with E-state index < -0.39 is 0 Å². The van der Waals surface area contributed by atoms with Gasteiger partial charge >= 0.3 is 0 Å². The number of aromatic nitrogens is 3. The van der Waals surface area contributed by atoms with E-state index in [0.29, 0.717) is 60.3 Å². The zero-order valence-corrected chi connectivity index (χ0v) is 18.7. The van der Waals surface area contributed by atoms with Crippen LogP contribution in [0.25, 0.3) is 5.65 Å². The van der Waals surface area contributed by atoms with Gasteiger partial charge in [0.25, 0.3) is 5.56 Å². The molecule has 2 aliphatic carbocycles. The topological polar surface area (TPSA) is 90.8 Å². The zero-order chi connectivity index (χ0) is 22.0. The molecule has 0 bridgehead atoms. The number of carbonyl (C=O) groups is 2. The number of amides is 2. The first-order valence-electron chi connectivity index (χ1n) is 12.2. The molecule has 0 spiro atoms. The van der Waals surface area contributed by atoms with Gasteiger partial charge in [0.2, 0.25) is 11.8 Å². The van der Waals surface area contributed by atoms with E-state index in [-0.39, 0.29) is 11.5 Å². The number of rotatable bonds is 2. The molecule has 3 fully saturated rings. The number of piperidine rings is 1. The summed E-state index contributed by atoms with van der Waals surface area (Å²) in [5.74, 6) is 2.28. The lowest BCUT2D eigenvalue weighted by molar-refractivity contribution is -0.134. The zero-order valence-electron chi connectivity index (χ0n) is 18.7. The van der Waals surface area contributed by atoms with Crippen LogP contribution in [0.1, 0.15) is 68.3 Å². The summed E-state index contributed by atoms with van der Waals surface area (Å²) >= 11 is 0. The minimum atomic E-state index is -0.105. The largest absolute Gasteiger partial charge is 0.342 e. The van der Waals surface area contributed by atoms with E-state index in [2.05, 4.69) is 10.00 Å². The molecular formula is C24H31N5O3. The fraction of sp³-hybridized carbons (Fsp3) is 0.667. The number of likely N-dealkylation sites (tertiary alicyclic amines) is 1. The number of nitrogens with zero attached hydrogens (tertiary/aromatic N) is 4. The molecule has 2 aromatic heterocycles. The highest BCUT2D eigenvalue weighted by Gasteiger charge is 2.55. The van der Waals surface area contributed by atoms with Gasteiger partial charge in [-0.05, 0) is 37.5 Å². The number of fused-ring (bicyclic) bond motifs is 3. The van der Waals surface area contributed by atoms with Crippen molar-refractivity contribution >= 4 is 17.5 Å². The Morgan fingerprint density at radius 2 is 1.75 bits per heavy atom. The summed E-state index contributed by atoms with van der Waals surface area (Å²) in [5, 5.41) is 3.28. The molecule has 8 heteroatoms. The molecule has 170 valence electrons. The molecule has 1 unspecified atom stereocenters. The highest BCUT2D eigenvalue weighted by molar-refractivity contribution is 5.82. The molecule has 2 aliphatic heterocycles. The molecular weight excluding hydrogens is 406 g/mol. The molecule has 32 heavy (non-hydrogen) atoms. The van der Waals surface area contributed by atoms with Gasteiger partial charge in [0, 0.05) is 56.6 Å². The maximum absolute atomic E-state index is 13.1. The van der Waals surface area contributed by atoms with Crippen molar-refractivity contribution in [2.24, 2.45) is 17.8 Å². The summed E-state index contributed by atoms with van der Waals surface area (Å²) in [5.41, 5.74) is 2.99. The van der Waals surface area contributed by atoms with Crippen LogP contribution in [0.4, 0.5) is 0 Å². The fourth-order valence-electron chi connectivity index (χ4n) is 6.46. The quantitative estimate of drug-likeness (QED) is 0.779. The average molecular weight is 438 g/mol. The predicted molar refractivity (Wildman–Crippen MR) is 118 cm³/mol. The molecule has 6 rings (SSSR count). The highest BCUT2D eigenvalue weighted by Crippen LogP contribution is 2.56. The molecule has 8 nitrogen and oxygen atoms in total. The second-order valence-corrected chi connectivity index (χ2v) is 10.2. The van der Waals surface area contributed by atoms with E-state index in [0.717, 1.165) is 37.3 Å². The minimum Gasteiger partial charge on any atom is -0.342 e. The van der Waals surface area contributed by atoms with E-state index >= 15 is 0 Å². The Balaban J connectivity index is 1.17. The number of hydrogen-bond donors (Lipinski definition) is 1. The molecule has 2 saturated carbocycles. The van der Waals surface area contributed by atoms with Crippen LogP contribution >= 0.6 is 0 Å². The van der Waals surface area contributed by atoms with Crippen molar-refractivity contribution in [2.75, 3.05) is 19.6 Å². The normalized spacial score (nSPS) is 27.8. The van der Waals surface area contributed by atoms with Gasteiger partial charge in [-0.25, -0.2) is 9.50 Å². The predicted octanol–water partition coefficient (Wildman–Crippen LogP) is 2.07. The van der Waals surface area contributed by atoms with Gasteiger partial charge in [-0.1, -0.05) is 12.8 Å². The summed E-state index contributed by atoms with van der Waals surface area (Å²) in [6.07, 6.45) is 7.49. The van der Waals surface area contributed by atoms with Crippen molar-refractivity contribution in [1.29, 1.82) is 0 Å². The lowest BCUT2D eigenvalue weighted by Crippen LogP contribution is -2.39. The molecule has 0 radical (unpaired) electrons. The minimum absolute atomic E-state index is 0.0147. The van der Waals surface area contributed by atoms with E-state index in [4.69, 9.17) is 4.98 Å². The number of hydrogen-bond acceptors (Lipinski definition) is 4. The van der Waals surface area contributed by atoms with E-state index in [9.17, 15) is 14.4 Å². The van der Waals surface area contributed by atoms with Crippen LogP contribution in [-0.2, 0) is 22.6 Å². The monoisotopic (exact) mass is 437 g/mol. The van der Waals surface area contributed by atoms with Crippen LogP contribution in [0.15, 0.2) is 10.9 Å². The second-order valence-electron chi connectivity index (χ2n) is 10.2. The number of H-pyrrole nitrogens is 1. The Labute approximate surface area is 187 Å². The van der Waals surface area contributed by atoms with Crippen molar-refractivity contribution in [1.82, 2.24) is 24.4 Å². The summed E-state index contributed by atoms with van der Waals surface area (Å²) in [6.45, 7) is 4.06. The van der Waals surface area contributed by atoms with Crippen LogP contribution in [0, 0.1) is 17.8 Å². The van der Waals surface area contributed by atoms with Gasteiger partial charge in [0.05, 0.1) is 17.8 Å². The maximum atomic E-state index is 13.1. The molecule has 0 aromatic carbocycles. The van der Waals surface area contributed by atoms with Crippen LogP contribution in [0.3, 0.4) is 0 Å². The first-order chi connectivity index (χ1) is 15.5. The van der Waals surface area contributed by atoms with E-state index in [1.807, 2.05) is 6.07 Å². The molecule has 2 amide bonds. The van der Waals surface area contributed by atoms with Crippen molar-refractivity contribution in [2.45, 2.75) is 64.3 Å². The first kappa shape index (κ1) is 20.0. The van der Waals surface area contributed by atoms with Crippen LogP contribution in [0.2, 0.25) is 0 Å². The Bertz CT molecular complexity index is 1130. The summed E-state index contributed by atoms with van der Waals surface area (Å²) < 4.78 is 1.53. The summed E-state index contributed by atoms with van der Waals surface area (Å²) in [7, 11) is 0. The van der Waals surface area contributed by atoms with Crippen molar-refractivity contribution in [3.05, 3.63) is 33.4 Å². The van der Waals surface area contributed by atoms with Gasteiger partial charge < -0.3 is 9.80 Å². The highest BCUT2D eigenvalue weighted by atomic mass is 16.2. The van der Waals surface area contributed by atoms with Crippen molar-refractivity contribution in [3.8, 4) is 0 Å². The molecule has 4 heterocycles. The average Bonchev–Trinajstić information content (AvgIpc) is 3.39.